The molecule has 100 valence electrons. The van der Waals surface area contributed by atoms with Crippen molar-refractivity contribution in [3.8, 4) is 11.6 Å². The van der Waals surface area contributed by atoms with Crippen LogP contribution in [0.3, 0.4) is 0 Å². The third kappa shape index (κ3) is 1.56. The molecule has 3 aromatic rings. The molecule has 3 rings (SSSR count). The first-order valence-electron chi connectivity index (χ1n) is 5.64. The van der Waals surface area contributed by atoms with Gasteiger partial charge in [0.25, 0.3) is 0 Å². The Labute approximate surface area is 111 Å². The summed E-state index contributed by atoms with van der Waals surface area (Å²) >= 11 is 0. The highest BCUT2D eigenvalue weighted by atomic mass is 19.1. The Morgan fingerprint density at radius 3 is 2.80 bits per heavy atom. The maximum atomic E-state index is 13.5. The van der Waals surface area contributed by atoms with E-state index in [1.807, 2.05) is 0 Å². The molecule has 20 heavy (non-hydrogen) atoms. The molecule has 0 saturated heterocycles. The number of benzene rings is 2. The number of hydrogen-bond acceptors (Lipinski definition) is 6. The molecule has 0 spiro atoms. The average Bonchev–Trinajstić information content (AvgIpc) is 2.47. The number of hydrogen-bond donors (Lipinski definition) is 1. The number of fused-ring (bicyclic) bond motifs is 3. The first kappa shape index (κ1) is 12.2. The van der Waals surface area contributed by atoms with Crippen molar-refractivity contribution in [2.75, 3.05) is 7.11 Å². The number of halogens is 1. The van der Waals surface area contributed by atoms with Crippen LogP contribution >= 0.6 is 0 Å². The Hall–Kier alpha value is -2.83. The molecule has 0 aliphatic carbocycles. The number of ether oxygens (including phenoxy) is 1. The van der Waals surface area contributed by atoms with Gasteiger partial charge in [0.15, 0.2) is 11.4 Å². The normalized spacial score (nSPS) is 10.9. The molecule has 0 atom stereocenters. The van der Waals surface area contributed by atoms with Crippen molar-refractivity contribution in [1.82, 2.24) is 10.2 Å². The molecule has 1 aromatic heterocycles. The van der Waals surface area contributed by atoms with Gasteiger partial charge in [-0.1, -0.05) is 0 Å². The lowest BCUT2D eigenvalue weighted by Gasteiger charge is -2.10. The fraction of sp³-hybridized carbons (Fsp3) is 0.0769. The molecule has 1 heterocycles. The van der Waals surface area contributed by atoms with E-state index in [4.69, 9.17) is 4.74 Å². The van der Waals surface area contributed by atoms with Gasteiger partial charge >= 0.3 is 0 Å². The molecule has 0 radical (unpaired) electrons. The minimum absolute atomic E-state index is 0.128. The van der Waals surface area contributed by atoms with E-state index >= 15 is 0 Å². The summed E-state index contributed by atoms with van der Waals surface area (Å²) in [7, 11) is 1.38. The lowest BCUT2D eigenvalue weighted by atomic mass is 10.0. The van der Waals surface area contributed by atoms with Gasteiger partial charge in [-0.3, -0.25) is 0 Å². The van der Waals surface area contributed by atoms with E-state index < -0.39 is 5.82 Å². The van der Waals surface area contributed by atoms with Crippen LogP contribution in [-0.4, -0.2) is 22.4 Å². The van der Waals surface area contributed by atoms with Crippen molar-refractivity contribution < 1.29 is 14.2 Å². The number of nitrogens with zero attached hydrogens (tertiary/aromatic N) is 3. The Morgan fingerprint density at radius 1 is 1.30 bits per heavy atom. The number of rotatable bonds is 2. The van der Waals surface area contributed by atoms with Crippen LogP contribution in [0.4, 0.5) is 10.1 Å². The third-order valence-electron chi connectivity index (χ3n) is 3.09. The summed E-state index contributed by atoms with van der Waals surface area (Å²) in [5.41, 5.74) is -0.174. The monoisotopic (exact) mass is 273 g/mol. The van der Waals surface area contributed by atoms with Crippen LogP contribution in [0.5, 0.6) is 11.6 Å². The standard InChI is InChI=1S/C13H8FN3O3/c1-20-13-10-8-4-6(14)2-3-7(8)12(18)11(17-19)9(10)5-15-16-13/h2-5,18H,1H3. The molecule has 0 saturated carbocycles. The van der Waals surface area contributed by atoms with Crippen LogP contribution in [-0.2, 0) is 0 Å². The van der Waals surface area contributed by atoms with E-state index in [0.29, 0.717) is 16.2 Å². The highest BCUT2D eigenvalue weighted by Gasteiger charge is 2.19. The van der Waals surface area contributed by atoms with Gasteiger partial charge in [0, 0.05) is 16.2 Å². The maximum Gasteiger partial charge on any atom is 0.241 e. The van der Waals surface area contributed by atoms with Gasteiger partial charge in [0.1, 0.15) is 5.82 Å². The van der Waals surface area contributed by atoms with Crippen molar-refractivity contribution in [1.29, 1.82) is 0 Å². The molecular formula is C13H8FN3O3. The SMILES string of the molecule is COc1nncc2c(N=O)c(O)c3ccc(F)cc3c12. The minimum Gasteiger partial charge on any atom is -0.505 e. The zero-order valence-corrected chi connectivity index (χ0v) is 10.3. The first-order valence-corrected chi connectivity index (χ1v) is 5.64. The first-order chi connectivity index (χ1) is 9.67. The fourth-order valence-electron chi connectivity index (χ4n) is 2.23. The summed E-state index contributed by atoms with van der Waals surface area (Å²) in [6, 6.07) is 3.79. The van der Waals surface area contributed by atoms with E-state index in [1.165, 1.54) is 31.5 Å². The Bertz CT molecular complexity index is 851. The molecule has 0 bridgehead atoms. The zero-order valence-electron chi connectivity index (χ0n) is 10.3. The molecule has 0 aliphatic heterocycles. The quantitative estimate of drug-likeness (QED) is 0.573. The summed E-state index contributed by atoms with van der Waals surface area (Å²) in [5.74, 6) is -0.676. The molecular weight excluding hydrogens is 265 g/mol. The smallest absolute Gasteiger partial charge is 0.241 e. The molecule has 0 aliphatic rings. The van der Waals surface area contributed by atoms with E-state index in [2.05, 4.69) is 15.4 Å². The minimum atomic E-state index is -0.483. The fourth-order valence-corrected chi connectivity index (χ4v) is 2.23. The summed E-state index contributed by atoms with van der Waals surface area (Å²) in [4.78, 5) is 11.0. The molecule has 1 N–H and O–H groups in total. The van der Waals surface area contributed by atoms with Crippen LogP contribution in [0.1, 0.15) is 0 Å². The van der Waals surface area contributed by atoms with Crippen molar-refractivity contribution >= 4 is 27.2 Å². The van der Waals surface area contributed by atoms with E-state index in [0.717, 1.165) is 0 Å². The number of methoxy groups -OCH3 is 1. The van der Waals surface area contributed by atoms with Gasteiger partial charge in [-0.25, -0.2) is 4.39 Å². The lowest BCUT2D eigenvalue weighted by Crippen LogP contribution is -1.93. The molecule has 0 amide bonds. The predicted molar refractivity (Wildman–Crippen MR) is 70.7 cm³/mol. The van der Waals surface area contributed by atoms with Crippen LogP contribution in [0, 0.1) is 10.7 Å². The van der Waals surface area contributed by atoms with Gasteiger partial charge in [-0.15, -0.1) is 10.0 Å². The number of phenols is 1. The Kier molecular flexibility index (Phi) is 2.67. The van der Waals surface area contributed by atoms with Gasteiger partial charge in [0.05, 0.1) is 18.7 Å². The molecule has 0 unspecified atom stereocenters. The van der Waals surface area contributed by atoms with Crippen LogP contribution in [0.15, 0.2) is 29.6 Å². The maximum absolute atomic E-state index is 13.5. The van der Waals surface area contributed by atoms with Crippen LogP contribution in [0.2, 0.25) is 0 Å². The van der Waals surface area contributed by atoms with Gasteiger partial charge in [-0.2, -0.15) is 5.10 Å². The third-order valence-corrected chi connectivity index (χ3v) is 3.09. The largest absolute Gasteiger partial charge is 0.505 e. The van der Waals surface area contributed by atoms with Gasteiger partial charge < -0.3 is 9.84 Å². The highest BCUT2D eigenvalue weighted by Crippen LogP contribution is 2.44. The van der Waals surface area contributed by atoms with Crippen molar-refractivity contribution in [2.24, 2.45) is 5.18 Å². The van der Waals surface area contributed by atoms with Gasteiger partial charge in [0.2, 0.25) is 5.88 Å². The number of nitroso groups, excluding NO2 is 1. The number of aromatic hydroxyl groups is 1. The summed E-state index contributed by atoms with van der Waals surface area (Å²) in [6.07, 6.45) is 1.28. The predicted octanol–water partition coefficient (Wildman–Crippen LogP) is 3.03. The van der Waals surface area contributed by atoms with E-state index in [1.54, 1.807) is 0 Å². The lowest BCUT2D eigenvalue weighted by molar-refractivity contribution is 0.398. The van der Waals surface area contributed by atoms with Gasteiger partial charge in [-0.05, 0) is 23.4 Å². The second-order valence-electron chi connectivity index (χ2n) is 4.12. The number of aromatic nitrogens is 2. The Balaban J connectivity index is 2.68. The Morgan fingerprint density at radius 2 is 2.10 bits per heavy atom. The molecule has 7 heteroatoms. The molecule has 2 aromatic carbocycles. The topological polar surface area (TPSA) is 84.7 Å². The second-order valence-corrected chi connectivity index (χ2v) is 4.12. The highest BCUT2D eigenvalue weighted by molar-refractivity contribution is 6.17. The summed E-state index contributed by atoms with van der Waals surface area (Å²) < 4.78 is 18.6. The molecule has 6 nitrogen and oxygen atoms in total. The van der Waals surface area contributed by atoms with Crippen LogP contribution in [0.25, 0.3) is 21.5 Å². The van der Waals surface area contributed by atoms with Crippen LogP contribution < -0.4 is 4.74 Å². The summed E-state index contributed by atoms with van der Waals surface area (Å²) in [5, 5.41) is 21.7. The van der Waals surface area contributed by atoms with E-state index in [9.17, 15) is 14.4 Å². The average molecular weight is 273 g/mol. The number of phenolic OH excluding ortho intramolecular Hbond substituents is 1. The van der Waals surface area contributed by atoms with Crippen molar-refractivity contribution in [3.63, 3.8) is 0 Å². The molecule has 0 fully saturated rings. The van der Waals surface area contributed by atoms with E-state index in [-0.39, 0.29) is 22.7 Å². The zero-order chi connectivity index (χ0) is 14.3. The van der Waals surface area contributed by atoms with Crippen molar-refractivity contribution in [2.45, 2.75) is 0 Å². The van der Waals surface area contributed by atoms with Crippen molar-refractivity contribution in [3.05, 3.63) is 35.1 Å². The summed E-state index contributed by atoms with van der Waals surface area (Å²) in [6.45, 7) is 0. The second kappa shape index (κ2) is 4.37.